The Balaban J connectivity index is 2.15. The molecule has 2 rings (SSSR count). The quantitative estimate of drug-likeness (QED) is 0.706. The van der Waals surface area contributed by atoms with Crippen molar-refractivity contribution >= 4 is 12.4 Å². The summed E-state index contributed by atoms with van der Waals surface area (Å²) in [6, 6.07) is 6.32. The highest BCUT2D eigenvalue weighted by Gasteiger charge is 2.10. The Bertz CT molecular complexity index is 440. The van der Waals surface area contributed by atoms with Gasteiger partial charge in [-0.3, -0.25) is 4.79 Å². The van der Waals surface area contributed by atoms with E-state index in [0.29, 0.717) is 0 Å². The smallest absolute Gasteiger partial charge is 0.146 e. The summed E-state index contributed by atoms with van der Waals surface area (Å²) in [4.78, 5) is 10.7. The third-order valence-electron chi connectivity index (χ3n) is 2.79. The standard InChI is InChI=1S/C14H13FO/c15-14-8-5-11(6-9-14)4-7-12-2-1-3-13(12)10-16/h4-10H,1-3H2. The lowest BCUT2D eigenvalue weighted by Crippen LogP contribution is -1.81. The van der Waals surface area contributed by atoms with Gasteiger partial charge in [-0.1, -0.05) is 24.3 Å². The fraction of sp³-hybridized carbons (Fsp3) is 0.214. The molecule has 0 heterocycles. The Kier molecular flexibility index (Phi) is 3.30. The lowest BCUT2D eigenvalue weighted by atomic mass is 10.1. The maximum absolute atomic E-state index is 12.7. The minimum Gasteiger partial charge on any atom is -0.298 e. The second-order valence-electron chi connectivity index (χ2n) is 3.91. The normalized spacial score (nSPS) is 16.1. The number of carbonyl (C=O) groups is 1. The number of benzene rings is 1. The van der Waals surface area contributed by atoms with Crippen LogP contribution >= 0.6 is 0 Å². The van der Waals surface area contributed by atoms with E-state index >= 15 is 0 Å². The summed E-state index contributed by atoms with van der Waals surface area (Å²) in [5.41, 5.74) is 2.96. The van der Waals surface area contributed by atoms with Crippen molar-refractivity contribution in [3.63, 3.8) is 0 Å². The molecule has 1 aromatic rings. The van der Waals surface area contributed by atoms with Crippen molar-refractivity contribution in [1.29, 1.82) is 0 Å². The summed E-state index contributed by atoms with van der Waals surface area (Å²) < 4.78 is 12.7. The maximum atomic E-state index is 12.7. The van der Waals surface area contributed by atoms with Crippen molar-refractivity contribution in [3.05, 3.63) is 52.9 Å². The van der Waals surface area contributed by atoms with Crippen molar-refractivity contribution in [2.75, 3.05) is 0 Å². The first-order valence-corrected chi connectivity index (χ1v) is 5.40. The van der Waals surface area contributed by atoms with Gasteiger partial charge in [-0.15, -0.1) is 0 Å². The van der Waals surface area contributed by atoms with Gasteiger partial charge in [0.1, 0.15) is 12.1 Å². The van der Waals surface area contributed by atoms with Gasteiger partial charge in [0.05, 0.1) is 0 Å². The number of rotatable bonds is 3. The molecule has 0 aromatic heterocycles. The van der Waals surface area contributed by atoms with E-state index < -0.39 is 0 Å². The molecule has 1 aliphatic carbocycles. The van der Waals surface area contributed by atoms with Gasteiger partial charge in [-0.25, -0.2) is 4.39 Å². The van der Waals surface area contributed by atoms with Gasteiger partial charge >= 0.3 is 0 Å². The first-order valence-electron chi connectivity index (χ1n) is 5.40. The fourth-order valence-corrected chi connectivity index (χ4v) is 1.89. The first-order chi connectivity index (χ1) is 7.79. The molecule has 0 N–H and O–H groups in total. The van der Waals surface area contributed by atoms with E-state index in [1.54, 1.807) is 12.1 Å². The molecule has 0 saturated carbocycles. The third-order valence-corrected chi connectivity index (χ3v) is 2.79. The molecule has 1 nitrogen and oxygen atoms in total. The molecule has 1 aromatic carbocycles. The molecule has 0 amide bonds. The number of aldehydes is 1. The van der Waals surface area contributed by atoms with Crippen molar-refractivity contribution in [3.8, 4) is 0 Å². The van der Waals surface area contributed by atoms with Crippen LogP contribution in [0.1, 0.15) is 24.8 Å². The van der Waals surface area contributed by atoms with E-state index in [1.807, 2.05) is 12.2 Å². The average Bonchev–Trinajstić information content (AvgIpc) is 2.76. The van der Waals surface area contributed by atoms with E-state index in [-0.39, 0.29) is 5.82 Å². The molecular weight excluding hydrogens is 203 g/mol. The summed E-state index contributed by atoms with van der Waals surface area (Å²) >= 11 is 0. The van der Waals surface area contributed by atoms with Crippen molar-refractivity contribution in [2.24, 2.45) is 0 Å². The van der Waals surface area contributed by atoms with Crippen LogP contribution in [0.4, 0.5) is 4.39 Å². The van der Waals surface area contributed by atoms with Crippen LogP contribution < -0.4 is 0 Å². The zero-order chi connectivity index (χ0) is 11.4. The topological polar surface area (TPSA) is 17.1 Å². The zero-order valence-corrected chi connectivity index (χ0v) is 8.95. The second kappa shape index (κ2) is 4.88. The van der Waals surface area contributed by atoms with E-state index in [1.165, 1.54) is 12.1 Å². The largest absolute Gasteiger partial charge is 0.298 e. The average molecular weight is 216 g/mol. The van der Waals surface area contributed by atoms with E-state index in [4.69, 9.17) is 0 Å². The van der Waals surface area contributed by atoms with Crippen LogP contribution in [0.25, 0.3) is 6.08 Å². The van der Waals surface area contributed by atoms with Crippen LogP contribution in [0.5, 0.6) is 0 Å². The number of carbonyl (C=O) groups excluding carboxylic acids is 1. The molecule has 82 valence electrons. The molecule has 2 heteroatoms. The SMILES string of the molecule is O=CC1=C(C=Cc2ccc(F)cc2)CCC1. The van der Waals surface area contributed by atoms with E-state index in [2.05, 4.69) is 0 Å². The number of halogens is 1. The van der Waals surface area contributed by atoms with Gasteiger partial charge in [-0.05, 0) is 48.1 Å². The summed E-state index contributed by atoms with van der Waals surface area (Å²) in [6.45, 7) is 0. The minimum atomic E-state index is -0.231. The van der Waals surface area contributed by atoms with Crippen LogP contribution in [0.3, 0.4) is 0 Å². The number of hydrogen-bond donors (Lipinski definition) is 0. The third kappa shape index (κ3) is 2.45. The Morgan fingerprint density at radius 1 is 1.00 bits per heavy atom. The Labute approximate surface area is 94.3 Å². The molecule has 0 saturated heterocycles. The van der Waals surface area contributed by atoms with Gasteiger partial charge in [0, 0.05) is 0 Å². The number of hydrogen-bond acceptors (Lipinski definition) is 1. The van der Waals surface area contributed by atoms with Crippen LogP contribution in [0.15, 0.2) is 41.5 Å². The molecule has 0 aliphatic heterocycles. The molecule has 0 fully saturated rings. The summed E-state index contributed by atoms with van der Waals surface area (Å²) in [7, 11) is 0. The fourth-order valence-electron chi connectivity index (χ4n) is 1.89. The first kappa shape index (κ1) is 10.8. The second-order valence-corrected chi connectivity index (χ2v) is 3.91. The Morgan fingerprint density at radius 3 is 2.38 bits per heavy atom. The van der Waals surface area contributed by atoms with Crippen molar-refractivity contribution in [1.82, 2.24) is 0 Å². The van der Waals surface area contributed by atoms with Crippen LogP contribution in [0.2, 0.25) is 0 Å². The lowest BCUT2D eigenvalue weighted by Gasteiger charge is -1.95. The maximum Gasteiger partial charge on any atom is 0.146 e. The molecule has 0 atom stereocenters. The van der Waals surface area contributed by atoms with Crippen LogP contribution in [0, 0.1) is 5.82 Å². The molecule has 0 spiro atoms. The van der Waals surface area contributed by atoms with Crippen molar-refractivity contribution < 1.29 is 9.18 Å². The predicted octanol–water partition coefficient (Wildman–Crippen LogP) is 3.52. The Hall–Kier alpha value is -1.70. The van der Waals surface area contributed by atoms with E-state index in [0.717, 1.165) is 42.3 Å². The van der Waals surface area contributed by atoms with Crippen LogP contribution in [-0.2, 0) is 4.79 Å². The van der Waals surface area contributed by atoms with Gasteiger partial charge < -0.3 is 0 Å². The van der Waals surface area contributed by atoms with Crippen LogP contribution in [-0.4, -0.2) is 6.29 Å². The van der Waals surface area contributed by atoms with Gasteiger partial charge in [0.25, 0.3) is 0 Å². The molecule has 0 radical (unpaired) electrons. The Morgan fingerprint density at radius 2 is 1.69 bits per heavy atom. The highest BCUT2D eigenvalue weighted by molar-refractivity contribution is 5.77. The molecule has 0 bridgehead atoms. The highest BCUT2D eigenvalue weighted by atomic mass is 19.1. The highest BCUT2D eigenvalue weighted by Crippen LogP contribution is 2.25. The molecule has 16 heavy (non-hydrogen) atoms. The molecule has 0 unspecified atom stereocenters. The van der Waals surface area contributed by atoms with Gasteiger partial charge in [0.2, 0.25) is 0 Å². The minimum absolute atomic E-state index is 0.231. The van der Waals surface area contributed by atoms with Gasteiger partial charge in [0.15, 0.2) is 0 Å². The number of allylic oxidation sites excluding steroid dienone is 3. The summed E-state index contributed by atoms with van der Waals surface area (Å²) in [5, 5.41) is 0. The predicted molar refractivity (Wildman–Crippen MR) is 62.4 cm³/mol. The summed E-state index contributed by atoms with van der Waals surface area (Å²) in [5.74, 6) is -0.231. The molecule has 1 aliphatic rings. The zero-order valence-electron chi connectivity index (χ0n) is 8.95. The van der Waals surface area contributed by atoms with Crippen molar-refractivity contribution in [2.45, 2.75) is 19.3 Å². The summed E-state index contributed by atoms with van der Waals surface area (Å²) in [6.07, 6.45) is 7.72. The van der Waals surface area contributed by atoms with E-state index in [9.17, 15) is 9.18 Å². The lowest BCUT2D eigenvalue weighted by molar-refractivity contribution is -0.105. The molecular formula is C14H13FO. The monoisotopic (exact) mass is 216 g/mol. The van der Waals surface area contributed by atoms with Gasteiger partial charge in [-0.2, -0.15) is 0 Å².